The SMILES string of the molecule is CNCCC(=O)N(C)c1ccccc1C#N. The standard InChI is InChI=1S/C12H15N3O/c1-14-8-7-12(16)15(2)11-6-4-3-5-10(11)9-13/h3-6,14H,7-8H2,1-2H3. The Morgan fingerprint density at radius 2 is 2.19 bits per heavy atom. The second kappa shape index (κ2) is 5.89. The van der Waals surface area contributed by atoms with Gasteiger partial charge >= 0.3 is 0 Å². The number of rotatable bonds is 4. The zero-order chi connectivity index (χ0) is 12.0. The van der Waals surface area contributed by atoms with E-state index in [1.165, 1.54) is 4.90 Å². The molecule has 0 spiro atoms. The van der Waals surface area contributed by atoms with Crippen LogP contribution in [0.1, 0.15) is 12.0 Å². The first-order chi connectivity index (χ1) is 7.70. The Labute approximate surface area is 95.5 Å². The van der Waals surface area contributed by atoms with Crippen molar-refractivity contribution in [3.63, 3.8) is 0 Å². The molecular weight excluding hydrogens is 202 g/mol. The van der Waals surface area contributed by atoms with Crippen molar-refractivity contribution in [2.45, 2.75) is 6.42 Å². The molecule has 16 heavy (non-hydrogen) atoms. The fourth-order valence-corrected chi connectivity index (χ4v) is 1.39. The number of hydrogen-bond acceptors (Lipinski definition) is 3. The van der Waals surface area contributed by atoms with Crippen LogP contribution in [0.25, 0.3) is 0 Å². The van der Waals surface area contributed by atoms with Crippen molar-refractivity contribution in [3.8, 4) is 6.07 Å². The Kier molecular flexibility index (Phi) is 4.49. The van der Waals surface area contributed by atoms with Gasteiger partial charge in [0.25, 0.3) is 0 Å². The van der Waals surface area contributed by atoms with Crippen LogP contribution in [-0.4, -0.2) is 26.5 Å². The fraction of sp³-hybridized carbons (Fsp3) is 0.333. The molecule has 1 N–H and O–H groups in total. The van der Waals surface area contributed by atoms with Gasteiger partial charge in [0.05, 0.1) is 11.3 Å². The summed E-state index contributed by atoms with van der Waals surface area (Å²) in [6.45, 7) is 0.637. The number of nitriles is 1. The number of nitrogens with one attached hydrogen (secondary N) is 1. The van der Waals surface area contributed by atoms with Crippen molar-refractivity contribution in [3.05, 3.63) is 29.8 Å². The molecule has 0 fully saturated rings. The van der Waals surface area contributed by atoms with Crippen LogP contribution in [0.2, 0.25) is 0 Å². The zero-order valence-electron chi connectivity index (χ0n) is 9.53. The molecule has 1 aromatic rings. The molecule has 0 bridgehead atoms. The lowest BCUT2D eigenvalue weighted by molar-refractivity contribution is -0.118. The summed E-state index contributed by atoms with van der Waals surface area (Å²) in [5.41, 5.74) is 1.17. The van der Waals surface area contributed by atoms with Crippen LogP contribution in [0.15, 0.2) is 24.3 Å². The van der Waals surface area contributed by atoms with Crippen LogP contribution in [0.5, 0.6) is 0 Å². The number of carbonyl (C=O) groups excluding carboxylic acids is 1. The molecule has 0 aliphatic rings. The van der Waals surface area contributed by atoms with E-state index in [9.17, 15) is 4.79 Å². The van der Waals surface area contributed by atoms with E-state index in [4.69, 9.17) is 5.26 Å². The van der Waals surface area contributed by atoms with E-state index in [1.54, 1.807) is 32.3 Å². The summed E-state index contributed by atoms with van der Waals surface area (Å²) in [5.74, 6) is -0.00273. The smallest absolute Gasteiger partial charge is 0.228 e. The van der Waals surface area contributed by atoms with Crippen LogP contribution in [0.3, 0.4) is 0 Å². The van der Waals surface area contributed by atoms with Crippen LogP contribution >= 0.6 is 0 Å². The maximum absolute atomic E-state index is 11.7. The number of hydrogen-bond donors (Lipinski definition) is 1. The first kappa shape index (κ1) is 12.2. The minimum Gasteiger partial charge on any atom is -0.319 e. The third-order valence-corrected chi connectivity index (χ3v) is 2.35. The minimum atomic E-state index is -0.00273. The van der Waals surface area contributed by atoms with Gasteiger partial charge in [0.1, 0.15) is 6.07 Å². The number of benzene rings is 1. The van der Waals surface area contributed by atoms with E-state index in [2.05, 4.69) is 11.4 Å². The summed E-state index contributed by atoms with van der Waals surface area (Å²) >= 11 is 0. The lowest BCUT2D eigenvalue weighted by atomic mass is 10.1. The highest BCUT2D eigenvalue weighted by atomic mass is 16.2. The molecule has 1 rings (SSSR count). The van der Waals surface area contributed by atoms with Crippen LogP contribution in [-0.2, 0) is 4.79 Å². The number of amides is 1. The Balaban J connectivity index is 2.84. The lowest BCUT2D eigenvalue weighted by Crippen LogP contribution is -2.29. The van der Waals surface area contributed by atoms with E-state index in [0.29, 0.717) is 24.2 Å². The van der Waals surface area contributed by atoms with Gasteiger partial charge in [-0.2, -0.15) is 5.26 Å². The molecule has 1 amide bonds. The molecular formula is C12H15N3O. The Hall–Kier alpha value is -1.86. The van der Waals surface area contributed by atoms with Crippen molar-refractivity contribution < 1.29 is 4.79 Å². The van der Waals surface area contributed by atoms with Crippen LogP contribution in [0, 0.1) is 11.3 Å². The minimum absolute atomic E-state index is 0.00273. The fourth-order valence-electron chi connectivity index (χ4n) is 1.39. The summed E-state index contributed by atoms with van der Waals surface area (Å²) in [6, 6.07) is 9.16. The zero-order valence-corrected chi connectivity index (χ0v) is 9.53. The van der Waals surface area contributed by atoms with Crippen LogP contribution in [0.4, 0.5) is 5.69 Å². The predicted octanol–water partition coefficient (Wildman–Crippen LogP) is 1.13. The van der Waals surface area contributed by atoms with E-state index in [0.717, 1.165) is 0 Å². The monoisotopic (exact) mass is 217 g/mol. The van der Waals surface area contributed by atoms with Gasteiger partial charge in [-0.15, -0.1) is 0 Å². The van der Waals surface area contributed by atoms with Gasteiger partial charge in [-0.3, -0.25) is 4.79 Å². The molecule has 0 heterocycles. The molecule has 0 radical (unpaired) electrons. The highest BCUT2D eigenvalue weighted by Crippen LogP contribution is 2.18. The molecule has 0 aliphatic heterocycles. The largest absolute Gasteiger partial charge is 0.319 e. The van der Waals surface area contributed by atoms with Crippen molar-refractivity contribution in [1.29, 1.82) is 5.26 Å². The van der Waals surface area contributed by atoms with Crippen molar-refractivity contribution in [1.82, 2.24) is 5.32 Å². The number of nitrogens with zero attached hydrogens (tertiary/aromatic N) is 2. The molecule has 0 atom stereocenters. The van der Waals surface area contributed by atoms with Gasteiger partial charge in [0.15, 0.2) is 0 Å². The van der Waals surface area contributed by atoms with E-state index in [1.807, 2.05) is 6.07 Å². The first-order valence-corrected chi connectivity index (χ1v) is 5.11. The molecule has 0 unspecified atom stereocenters. The average Bonchev–Trinajstić information content (AvgIpc) is 2.34. The lowest BCUT2D eigenvalue weighted by Gasteiger charge is -2.18. The second-order valence-electron chi connectivity index (χ2n) is 3.44. The molecule has 84 valence electrons. The third kappa shape index (κ3) is 2.81. The van der Waals surface area contributed by atoms with E-state index < -0.39 is 0 Å². The van der Waals surface area contributed by atoms with E-state index >= 15 is 0 Å². The highest BCUT2D eigenvalue weighted by molar-refractivity contribution is 5.94. The molecule has 1 aromatic carbocycles. The topological polar surface area (TPSA) is 56.1 Å². The molecule has 4 nitrogen and oxygen atoms in total. The molecule has 4 heteroatoms. The van der Waals surface area contributed by atoms with Crippen molar-refractivity contribution >= 4 is 11.6 Å². The second-order valence-corrected chi connectivity index (χ2v) is 3.44. The van der Waals surface area contributed by atoms with Gasteiger partial charge in [0, 0.05) is 20.0 Å². The summed E-state index contributed by atoms with van der Waals surface area (Å²) in [5, 5.41) is 11.8. The summed E-state index contributed by atoms with van der Waals surface area (Å²) in [7, 11) is 3.49. The summed E-state index contributed by atoms with van der Waals surface area (Å²) < 4.78 is 0. The molecule has 0 saturated carbocycles. The number of para-hydroxylation sites is 1. The predicted molar refractivity (Wildman–Crippen MR) is 63.1 cm³/mol. The van der Waals surface area contributed by atoms with Crippen molar-refractivity contribution in [2.75, 3.05) is 25.5 Å². The van der Waals surface area contributed by atoms with Gasteiger partial charge in [-0.25, -0.2) is 0 Å². The number of carbonyl (C=O) groups is 1. The Morgan fingerprint density at radius 3 is 2.81 bits per heavy atom. The van der Waals surface area contributed by atoms with Gasteiger partial charge in [0.2, 0.25) is 5.91 Å². The maximum Gasteiger partial charge on any atom is 0.228 e. The molecule has 0 saturated heterocycles. The Morgan fingerprint density at radius 1 is 1.50 bits per heavy atom. The summed E-state index contributed by atoms with van der Waals surface area (Å²) in [4.78, 5) is 13.3. The molecule has 0 aliphatic carbocycles. The average molecular weight is 217 g/mol. The highest BCUT2D eigenvalue weighted by Gasteiger charge is 2.13. The Bertz CT molecular complexity index is 409. The van der Waals surface area contributed by atoms with Crippen LogP contribution < -0.4 is 10.2 Å². The molecule has 0 aromatic heterocycles. The van der Waals surface area contributed by atoms with Gasteiger partial charge in [-0.05, 0) is 19.2 Å². The maximum atomic E-state index is 11.7. The summed E-state index contributed by atoms with van der Waals surface area (Å²) in [6.07, 6.45) is 0.423. The van der Waals surface area contributed by atoms with Crippen molar-refractivity contribution in [2.24, 2.45) is 0 Å². The number of anilines is 1. The van der Waals surface area contributed by atoms with E-state index in [-0.39, 0.29) is 5.91 Å². The van der Waals surface area contributed by atoms with Gasteiger partial charge in [-0.1, -0.05) is 12.1 Å². The normalized spacial score (nSPS) is 9.56. The first-order valence-electron chi connectivity index (χ1n) is 5.11. The van der Waals surface area contributed by atoms with Gasteiger partial charge < -0.3 is 10.2 Å². The third-order valence-electron chi connectivity index (χ3n) is 2.35. The quantitative estimate of drug-likeness (QED) is 0.822.